The minimum absolute atomic E-state index is 0.295. The second kappa shape index (κ2) is 6.17. The molecule has 0 spiro atoms. The SMILES string of the molecule is Cc1nc(NC(=O)C2CC=CCC2C(=O)O)ccc1Br. The number of anilines is 1. The number of hydrogen-bond acceptors (Lipinski definition) is 3. The quantitative estimate of drug-likeness (QED) is 0.830. The van der Waals surface area contributed by atoms with Gasteiger partial charge in [0.15, 0.2) is 0 Å². The van der Waals surface area contributed by atoms with Crippen LogP contribution in [0.3, 0.4) is 0 Å². The number of carbonyl (C=O) groups is 2. The van der Waals surface area contributed by atoms with Crippen molar-refractivity contribution in [3.8, 4) is 0 Å². The van der Waals surface area contributed by atoms with Crippen molar-refractivity contribution in [3.63, 3.8) is 0 Å². The first-order chi connectivity index (χ1) is 9.49. The third-order valence-corrected chi connectivity index (χ3v) is 4.20. The number of halogens is 1. The van der Waals surface area contributed by atoms with Crippen LogP contribution in [0.25, 0.3) is 0 Å². The lowest BCUT2D eigenvalue weighted by molar-refractivity contribution is -0.146. The van der Waals surface area contributed by atoms with Gasteiger partial charge in [-0.1, -0.05) is 12.2 Å². The molecule has 1 heterocycles. The van der Waals surface area contributed by atoms with Crippen molar-refractivity contribution in [1.29, 1.82) is 0 Å². The molecule has 2 rings (SSSR count). The first kappa shape index (κ1) is 14.7. The number of hydrogen-bond donors (Lipinski definition) is 2. The van der Waals surface area contributed by atoms with Gasteiger partial charge in [-0.2, -0.15) is 0 Å². The topological polar surface area (TPSA) is 79.3 Å². The van der Waals surface area contributed by atoms with E-state index in [1.807, 2.05) is 19.1 Å². The van der Waals surface area contributed by atoms with Crippen LogP contribution < -0.4 is 5.32 Å². The molecule has 106 valence electrons. The fourth-order valence-corrected chi connectivity index (χ4v) is 2.43. The van der Waals surface area contributed by atoms with Crippen molar-refractivity contribution >= 4 is 33.6 Å². The second-order valence-electron chi connectivity index (χ2n) is 4.75. The van der Waals surface area contributed by atoms with Gasteiger partial charge in [0, 0.05) is 4.47 Å². The average molecular weight is 339 g/mol. The molecular weight excluding hydrogens is 324 g/mol. The summed E-state index contributed by atoms with van der Waals surface area (Å²) in [6, 6.07) is 3.48. The molecule has 1 aliphatic rings. The number of aromatic nitrogens is 1. The van der Waals surface area contributed by atoms with Crippen LogP contribution in [0.5, 0.6) is 0 Å². The van der Waals surface area contributed by atoms with Crippen LogP contribution >= 0.6 is 15.9 Å². The summed E-state index contributed by atoms with van der Waals surface area (Å²) in [5.74, 6) is -2.01. The van der Waals surface area contributed by atoms with Gasteiger partial charge < -0.3 is 10.4 Å². The largest absolute Gasteiger partial charge is 0.481 e. The monoisotopic (exact) mass is 338 g/mol. The summed E-state index contributed by atoms with van der Waals surface area (Å²) in [6.45, 7) is 1.82. The number of nitrogens with one attached hydrogen (secondary N) is 1. The van der Waals surface area contributed by atoms with E-state index in [0.717, 1.165) is 10.2 Å². The van der Waals surface area contributed by atoms with E-state index in [0.29, 0.717) is 18.7 Å². The maximum atomic E-state index is 12.2. The molecule has 2 atom stereocenters. The lowest BCUT2D eigenvalue weighted by Crippen LogP contribution is -2.34. The smallest absolute Gasteiger partial charge is 0.307 e. The highest BCUT2D eigenvalue weighted by atomic mass is 79.9. The number of carbonyl (C=O) groups excluding carboxylic acids is 1. The van der Waals surface area contributed by atoms with Crippen molar-refractivity contribution in [2.45, 2.75) is 19.8 Å². The average Bonchev–Trinajstić information content (AvgIpc) is 2.43. The van der Waals surface area contributed by atoms with Gasteiger partial charge in [-0.25, -0.2) is 4.98 Å². The Labute approximate surface area is 125 Å². The molecule has 0 aromatic carbocycles. The van der Waals surface area contributed by atoms with Crippen LogP contribution in [0.2, 0.25) is 0 Å². The molecule has 0 radical (unpaired) electrons. The van der Waals surface area contributed by atoms with E-state index in [9.17, 15) is 9.59 Å². The Balaban J connectivity index is 2.12. The van der Waals surface area contributed by atoms with Crippen LogP contribution in [0.4, 0.5) is 5.82 Å². The van der Waals surface area contributed by atoms with Gasteiger partial charge >= 0.3 is 5.97 Å². The van der Waals surface area contributed by atoms with Crippen LogP contribution in [0, 0.1) is 18.8 Å². The molecule has 0 saturated heterocycles. The lowest BCUT2D eigenvalue weighted by atomic mass is 9.82. The van der Waals surface area contributed by atoms with E-state index >= 15 is 0 Å². The number of nitrogens with zero attached hydrogens (tertiary/aromatic N) is 1. The molecule has 1 aromatic heterocycles. The number of carboxylic acids is 1. The summed E-state index contributed by atoms with van der Waals surface area (Å²) in [5.41, 5.74) is 0.765. The van der Waals surface area contributed by atoms with E-state index in [4.69, 9.17) is 5.11 Å². The Bertz CT molecular complexity index is 572. The van der Waals surface area contributed by atoms with Gasteiger partial charge in [0.2, 0.25) is 5.91 Å². The summed E-state index contributed by atoms with van der Waals surface area (Å²) >= 11 is 3.34. The Morgan fingerprint density at radius 1 is 1.30 bits per heavy atom. The van der Waals surface area contributed by atoms with Crippen molar-refractivity contribution in [1.82, 2.24) is 4.98 Å². The summed E-state index contributed by atoms with van der Waals surface area (Å²) in [5, 5.41) is 11.9. The molecule has 0 fully saturated rings. The third kappa shape index (κ3) is 3.25. The number of aliphatic carboxylic acids is 1. The van der Waals surface area contributed by atoms with Crippen LogP contribution in [-0.2, 0) is 9.59 Å². The van der Waals surface area contributed by atoms with E-state index in [1.54, 1.807) is 12.1 Å². The zero-order chi connectivity index (χ0) is 14.7. The first-order valence-electron chi connectivity index (χ1n) is 6.31. The fourth-order valence-electron chi connectivity index (χ4n) is 2.21. The molecule has 20 heavy (non-hydrogen) atoms. The van der Waals surface area contributed by atoms with Gasteiger partial charge in [0.25, 0.3) is 0 Å². The molecule has 0 saturated carbocycles. The molecule has 2 unspecified atom stereocenters. The van der Waals surface area contributed by atoms with E-state index < -0.39 is 17.8 Å². The highest BCUT2D eigenvalue weighted by Gasteiger charge is 2.34. The molecule has 2 N–H and O–H groups in total. The Morgan fingerprint density at radius 3 is 2.55 bits per heavy atom. The molecule has 1 aliphatic carbocycles. The zero-order valence-electron chi connectivity index (χ0n) is 11.0. The van der Waals surface area contributed by atoms with E-state index in [1.165, 1.54) is 0 Å². The number of rotatable bonds is 3. The van der Waals surface area contributed by atoms with Gasteiger partial charge in [0.1, 0.15) is 5.82 Å². The van der Waals surface area contributed by atoms with Crippen LogP contribution in [0.15, 0.2) is 28.8 Å². The lowest BCUT2D eigenvalue weighted by Gasteiger charge is -2.24. The molecular formula is C14H15BrN2O3. The molecule has 1 amide bonds. The van der Waals surface area contributed by atoms with E-state index in [-0.39, 0.29) is 5.91 Å². The molecule has 5 nitrogen and oxygen atoms in total. The van der Waals surface area contributed by atoms with E-state index in [2.05, 4.69) is 26.2 Å². The highest BCUT2D eigenvalue weighted by molar-refractivity contribution is 9.10. The van der Waals surface area contributed by atoms with Gasteiger partial charge in [0.05, 0.1) is 17.5 Å². The second-order valence-corrected chi connectivity index (χ2v) is 5.60. The van der Waals surface area contributed by atoms with Crippen LogP contribution in [0.1, 0.15) is 18.5 Å². The molecule has 1 aromatic rings. The van der Waals surface area contributed by atoms with Crippen molar-refractivity contribution < 1.29 is 14.7 Å². The summed E-state index contributed by atoms with van der Waals surface area (Å²) in [7, 11) is 0. The minimum atomic E-state index is -0.936. The fraction of sp³-hybridized carbons (Fsp3) is 0.357. The Kier molecular flexibility index (Phi) is 4.54. The molecule has 6 heteroatoms. The number of carboxylic acid groups (broad SMARTS) is 1. The number of aryl methyl sites for hydroxylation is 1. The normalized spacial score (nSPS) is 21.5. The number of allylic oxidation sites excluding steroid dienone is 2. The molecule has 0 bridgehead atoms. The minimum Gasteiger partial charge on any atom is -0.481 e. The predicted octanol–water partition coefficient (Wildman–Crippen LogP) is 2.76. The van der Waals surface area contributed by atoms with Gasteiger partial charge in [-0.3, -0.25) is 9.59 Å². The number of pyridine rings is 1. The standard InChI is InChI=1S/C14H15BrN2O3/c1-8-11(15)6-7-12(16-8)17-13(18)9-4-2-3-5-10(9)14(19)20/h2-3,6-7,9-10H,4-5H2,1H3,(H,19,20)(H,16,17,18). The maximum absolute atomic E-state index is 12.2. The Hall–Kier alpha value is -1.69. The Morgan fingerprint density at radius 2 is 1.95 bits per heavy atom. The predicted molar refractivity (Wildman–Crippen MR) is 78.3 cm³/mol. The summed E-state index contributed by atoms with van der Waals surface area (Å²) in [4.78, 5) is 27.6. The number of amides is 1. The van der Waals surface area contributed by atoms with Crippen LogP contribution in [-0.4, -0.2) is 22.0 Å². The van der Waals surface area contributed by atoms with Gasteiger partial charge in [-0.15, -0.1) is 0 Å². The van der Waals surface area contributed by atoms with Gasteiger partial charge in [-0.05, 0) is 47.8 Å². The summed E-state index contributed by atoms with van der Waals surface area (Å²) in [6.07, 6.45) is 4.49. The zero-order valence-corrected chi connectivity index (χ0v) is 12.6. The molecule has 0 aliphatic heterocycles. The van der Waals surface area contributed by atoms with Crippen molar-refractivity contribution in [2.24, 2.45) is 11.8 Å². The first-order valence-corrected chi connectivity index (χ1v) is 7.10. The van der Waals surface area contributed by atoms with Crippen molar-refractivity contribution in [3.05, 3.63) is 34.5 Å². The third-order valence-electron chi connectivity index (χ3n) is 3.36. The maximum Gasteiger partial charge on any atom is 0.307 e. The van der Waals surface area contributed by atoms with Crippen molar-refractivity contribution in [2.75, 3.05) is 5.32 Å². The highest BCUT2D eigenvalue weighted by Crippen LogP contribution is 2.27. The summed E-state index contributed by atoms with van der Waals surface area (Å²) < 4.78 is 0.861.